The Morgan fingerprint density at radius 1 is 1.00 bits per heavy atom. The molecule has 94 valence electrons. The van der Waals surface area contributed by atoms with E-state index >= 15 is 0 Å². The van der Waals surface area contributed by atoms with Gasteiger partial charge in [0.15, 0.2) is 0 Å². The molecule has 0 aliphatic carbocycles. The van der Waals surface area contributed by atoms with Crippen molar-refractivity contribution >= 4 is 11.8 Å². The second-order valence-electron chi connectivity index (χ2n) is 2.76. The van der Waals surface area contributed by atoms with Gasteiger partial charge in [-0.1, -0.05) is 31.4 Å². The summed E-state index contributed by atoms with van der Waals surface area (Å²) >= 11 is 0. The van der Waals surface area contributed by atoms with Crippen molar-refractivity contribution in [2.24, 2.45) is 0 Å². The minimum Gasteiger partial charge on any atom is -0.349 e. The van der Waals surface area contributed by atoms with Gasteiger partial charge in [-0.2, -0.15) is 0 Å². The second-order valence-corrected chi connectivity index (χ2v) is 2.76. The van der Waals surface area contributed by atoms with E-state index in [4.69, 9.17) is 0 Å². The van der Waals surface area contributed by atoms with Crippen molar-refractivity contribution in [3.05, 3.63) is 50.1 Å². The van der Waals surface area contributed by atoms with Crippen LogP contribution in [0.1, 0.15) is 6.92 Å². The molecule has 4 heteroatoms. The maximum Gasteiger partial charge on any atom is 0.243 e. The standard InChI is InChI=1S/C7H11NO.C6H9NO/c1-3-5-6-8-7(9)4-2;1-3-5-7-6(8)4-2/h3-5H,2,6H2,1H3,(H,8,9);3-4H,1-2,5H2,(H,7,8). The molecule has 0 rings (SSSR count). The zero-order chi connectivity index (χ0) is 13.5. The molecule has 0 aromatic heterocycles. The number of hydrogen-bond donors (Lipinski definition) is 2. The number of amides is 2. The summed E-state index contributed by atoms with van der Waals surface area (Å²) in [7, 11) is 0. The van der Waals surface area contributed by atoms with Gasteiger partial charge < -0.3 is 10.6 Å². The quantitative estimate of drug-likeness (QED) is 0.540. The van der Waals surface area contributed by atoms with Crippen LogP contribution in [-0.2, 0) is 9.59 Å². The average Bonchev–Trinajstić information content (AvgIpc) is 2.36. The van der Waals surface area contributed by atoms with Crippen LogP contribution in [0.5, 0.6) is 0 Å². The monoisotopic (exact) mass is 236 g/mol. The molecule has 0 saturated carbocycles. The van der Waals surface area contributed by atoms with E-state index in [-0.39, 0.29) is 11.8 Å². The third-order valence-electron chi connectivity index (χ3n) is 1.42. The Labute approximate surface area is 103 Å². The van der Waals surface area contributed by atoms with E-state index in [1.54, 1.807) is 6.08 Å². The Balaban J connectivity index is 0. The first-order valence-corrected chi connectivity index (χ1v) is 5.14. The lowest BCUT2D eigenvalue weighted by molar-refractivity contribution is -0.117. The molecule has 0 saturated heterocycles. The van der Waals surface area contributed by atoms with E-state index in [9.17, 15) is 9.59 Å². The molecule has 0 atom stereocenters. The van der Waals surface area contributed by atoms with E-state index in [0.717, 1.165) is 0 Å². The molecule has 17 heavy (non-hydrogen) atoms. The van der Waals surface area contributed by atoms with Gasteiger partial charge in [0.1, 0.15) is 0 Å². The molecule has 0 unspecified atom stereocenters. The molecule has 0 fully saturated rings. The Kier molecular flexibility index (Phi) is 14.1. The summed E-state index contributed by atoms with van der Waals surface area (Å²) in [6, 6.07) is 0. The molecule has 2 N–H and O–H groups in total. The van der Waals surface area contributed by atoms with Gasteiger partial charge >= 0.3 is 0 Å². The number of carbonyl (C=O) groups excluding carboxylic acids is 2. The van der Waals surface area contributed by atoms with Gasteiger partial charge in [0.05, 0.1) is 0 Å². The summed E-state index contributed by atoms with van der Waals surface area (Å²) < 4.78 is 0. The number of allylic oxidation sites excluding steroid dienone is 1. The lowest BCUT2D eigenvalue weighted by Gasteiger charge is -1.92. The van der Waals surface area contributed by atoms with Crippen LogP contribution in [0.25, 0.3) is 0 Å². The molecule has 0 aromatic rings. The fourth-order valence-electron chi connectivity index (χ4n) is 0.594. The van der Waals surface area contributed by atoms with Crippen molar-refractivity contribution in [2.75, 3.05) is 13.1 Å². The first-order valence-electron chi connectivity index (χ1n) is 5.14. The predicted octanol–water partition coefficient (Wildman–Crippen LogP) is 1.34. The first-order chi connectivity index (χ1) is 8.12. The largest absolute Gasteiger partial charge is 0.349 e. The van der Waals surface area contributed by atoms with Crippen molar-refractivity contribution in [1.82, 2.24) is 10.6 Å². The topological polar surface area (TPSA) is 58.2 Å². The van der Waals surface area contributed by atoms with Crippen molar-refractivity contribution in [3.63, 3.8) is 0 Å². The summed E-state index contributed by atoms with van der Waals surface area (Å²) in [5.41, 5.74) is 0. The fraction of sp³-hybridized carbons (Fsp3) is 0.231. The molecule has 0 radical (unpaired) electrons. The van der Waals surface area contributed by atoms with Gasteiger partial charge in [-0.05, 0) is 19.1 Å². The Bertz CT molecular complexity index is 294. The molecule has 0 aliphatic heterocycles. The highest BCUT2D eigenvalue weighted by atomic mass is 16.2. The SMILES string of the molecule is C=CC(=O)NCC=CC.C=CCNC(=O)C=C. The van der Waals surface area contributed by atoms with E-state index in [0.29, 0.717) is 13.1 Å². The molecular formula is C13H20N2O2. The van der Waals surface area contributed by atoms with Crippen LogP contribution in [0.15, 0.2) is 50.1 Å². The highest BCUT2D eigenvalue weighted by Gasteiger charge is 1.86. The Hall–Kier alpha value is -2.10. The zero-order valence-corrected chi connectivity index (χ0v) is 10.2. The van der Waals surface area contributed by atoms with Crippen molar-refractivity contribution in [2.45, 2.75) is 6.92 Å². The van der Waals surface area contributed by atoms with Crippen LogP contribution in [0.4, 0.5) is 0 Å². The molecular weight excluding hydrogens is 216 g/mol. The van der Waals surface area contributed by atoms with E-state index < -0.39 is 0 Å². The zero-order valence-electron chi connectivity index (χ0n) is 10.2. The van der Waals surface area contributed by atoms with Gasteiger partial charge in [-0.15, -0.1) is 6.58 Å². The third-order valence-corrected chi connectivity index (χ3v) is 1.42. The fourth-order valence-corrected chi connectivity index (χ4v) is 0.594. The number of hydrogen-bond acceptors (Lipinski definition) is 2. The summed E-state index contributed by atoms with van der Waals surface area (Å²) in [5.74, 6) is -0.294. The van der Waals surface area contributed by atoms with Crippen LogP contribution in [0.2, 0.25) is 0 Å². The summed E-state index contributed by atoms with van der Waals surface area (Å²) in [5, 5.41) is 5.10. The van der Waals surface area contributed by atoms with Crippen LogP contribution in [-0.4, -0.2) is 24.9 Å². The number of rotatable bonds is 6. The molecule has 0 heterocycles. The maximum atomic E-state index is 10.4. The third kappa shape index (κ3) is 16.6. The lowest BCUT2D eigenvalue weighted by atomic mass is 10.5. The Morgan fingerprint density at radius 2 is 1.47 bits per heavy atom. The van der Waals surface area contributed by atoms with Gasteiger partial charge in [0, 0.05) is 13.1 Å². The minimum atomic E-state index is -0.162. The second kappa shape index (κ2) is 13.9. The molecule has 2 amide bonds. The molecule has 0 spiro atoms. The maximum absolute atomic E-state index is 10.4. The Morgan fingerprint density at radius 3 is 1.82 bits per heavy atom. The van der Waals surface area contributed by atoms with Crippen LogP contribution in [0, 0.1) is 0 Å². The van der Waals surface area contributed by atoms with Gasteiger partial charge in [-0.3, -0.25) is 9.59 Å². The van der Waals surface area contributed by atoms with E-state index in [1.807, 2.05) is 19.1 Å². The summed E-state index contributed by atoms with van der Waals surface area (Å²) in [6.07, 6.45) is 7.83. The van der Waals surface area contributed by atoms with Crippen molar-refractivity contribution in [1.29, 1.82) is 0 Å². The number of nitrogens with one attached hydrogen (secondary N) is 2. The molecule has 0 aromatic carbocycles. The van der Waals surface area contributed by atoms with Crippen molar-refractivity contribution in [3.8, 4) is 0 Å². The first kappa shape index (κ1) is 17.3. The lowest BCUT2D eigenvalue weighted by Crippen LogP contribution is -2.20. The highest BCUT2D eigenvalue weighted by Crippen LogP contribution is 1.68. The van der Waals surface area contributed by atoms with E-state index in [1.165, 1.54) is 12.2 Å². The smallest absolute Gasteiger partial charge is 0.243 e. The van der Waals surface area contributed by atoms with E-state index in [2.05, 4.69) is 30.4 Å². The van der Waals surface area contributed by atoms with Crippen LogP contribution in [0.3, 0.4) is 0 Å². The predicted molar refractivity (Wildman–Crippen MR) is 71.4 cm³/mol. The summed E-state index contributed by atoms with van der Waals surface area (Å²) in [4.78, 5) is 20.7. The molecule has 0 bridgehead atoms. The molecule has 4 nitrogen and oxygen atoms in total. The summed E-state index contributed by atoms with van der Waals surface area (Å²) in [6.45, 7) is 13.0. The van der Waals surface area contributed by atoms with Crippen LogP contribution < -0.4 is 10.6 Å². The number of carbonyl (C=O) groups is 2. The molecule has 0 aliphatic rings. The van der Waals surface area contributed by atoms with Gasteiger partial charge in [-0.25, -0.2) is 0 Å². The normalized spacial score (nSPS) is 8.53. The minimum absolute atomic E-state index is 0.131. The van der Waals surface area contributed by atoms with Gasteiger partial charge in [0.25, 0.3) is 0 Å². The highest BCUT2D eigenvalue weighted by molar-refractivity contribution is 5.87. The average molecular weight is 236 g/mol. The van der Waals surface area contributed by atoms with Crippen LogP contribution >= 0.6 is 0 Å². The van der Waals surface area contributed by atoms with Crippen molar-refractivity contribution < 1.29 is 9.59 Å². The van der Waals surface area contributed by atoms with Gasteiger partial charge in [0.2, 0.25) is 11.8 Å².